The fourth-order valence-corrected chi connectivity index (χ4v) is 2.70. The quantitative estimate of drug-likeness (QED) is 0.742. The van der Waals surface area contributed by atoms with Gasteiger partial charge in [-0.1, -0.05) is 20.8 Å². The molecule has 1 rings (SSSR count). The fraction of sp³-hybridized carbons (Fsp3) is 0.938. The molecule has 0 bridgehead atoms. The van der Waals surface area contributed by atoms with Gasteiger partial charge in [-0.25, -0.2) is 0 Å². The molecule has 0 aliphatic carbocycles. The number of amides is 1. The van der Waals surface area contributed by atoms with E-state index in [1.54, 1.807) is 0 Å². The van der Waals surface area contributed by atoms with Gasteiger partial charge in [0.05, 0.1) is 12.2 Å². The molecule has 1 aliphatic heterocycles. The van der Waals surface area contributed by atoms with E-state index in [2.05, 4.69) is 56.8 Å². The third-order valence-corrected chi connectivity index (χ3v) is 4.25. The lowest BCUT2D eigenvalue weighted by Crippen LogP contribution is -2.40. The van der Waals surface area contributed by atoms with Crippen molar-refractivity contribution < 1.29 is 4.79 Å². The number of hydrogen-bond donors (Lipinski definition) is 1. The number of rotatable bonds is 8. The highest BCUT2D eigenvalue weighted by atomic mass is 16.2. The summed E-state index contributed by atoms with van der Waals surface area (Å²) in [6.45, 7) is 12.8. The van der Waals surface area contributed by atoms with Crippen LogP contribution < -0.4 is 5.32 Å². The third-order valence-electron chi connectivity index (χ3n) is 4.25. The number of carbonyl (C=O) groups excluding carboxylic acids is 1. The summed E-state index contributed by atoms with van der Waals surface area (Å²) >= 11 is 0. The normalized spacial score (nSPS) is 23.6. The molecule has 2 atom stereocenters. The van der Waals surface area contributed by atoms with Gasteiger partial charge >= 0.3 is 0 Å². The van der Waals surface area contributed by atoms with Crippen molar-refractivity contribution in [1.29, 1.82) is 0 Å². The van der Waals surface area contributed by atoms with Crippen molar-refractivity contribution in [2.45, 2.75) is 72.1 Å². The first-order valence-corrected chi connectivity index (χ1v) is 8.13. The van der Waals surface area contributed by atoms with Gasteiger partial charge in [-0.3, -0.25) is 10.1 Å². The Labute approximate surface area is 124 Å². The number of nitrogens with one attached hydrogen (secondary N) is 1. The Morgan fingerprint density at radius 2 is 1.95 bits per heavy atom. The van der Waals surface area contributed by atoms with Crippen molar-refractivity contribution in [2.75, 3.05) is 20.1 Å². The van der Waals surface area contributed by atoms with E-state index < -0.39 is 0 Å². The maximum absolute atomic E-state index is 12.4. The fourth-order valence-electron chi connectivity index (χ4n) is 2.70. The van der Waals surface area contributed by atoms with Crippen molar-refractivity contribution in [1.82, 2.24) is 15.1 Å². The lowest BCUT2D eigenvalue weighted by molar-refractivity contribution is -0.130. The van der Waals surface area contributed by atoms with E-state index in [0.717, 1.165) is 32.4 Å². The Hall–Kier alpha value is -0.610. The molecule has 0 radical (unpaired) electrons. The van der Waals surface area contributed by atoms with Gasteiger partial charge in [-0.05, 0) is 52.6 Å². The van der Waals surface area contributed by atoms with E-state index in [-0.39, 0.29) is 12.2 Å². The standard InChI is InChI=1S/C16H33N3O/c1-7-14-16(20)19(15(17-14)11-12(2)3)10-8-9-18(6)13(4)5/h12-15,17H,7-11H2,1-6H3. The molecule has 4 nitrogen and oxygen atoms in total. The molecular formula is C16H33N3O. The van der Waals surface area contributed by atoms with Gasteiger partial charge in [-0.15, -0.1) is 0 Å². The van der Waals surface area contributed by atoms with Gasteiger partial charge in [0, 0.05) is 12.6 Å². The van der Waals surface area contributed by atoms with Crippen molar-refractivity contribution in [3.8, 4) is 0 Å². The van der Waals surface area contributed by atoms with Crippen LogP contribution in [-0.2, 0) is 4.79 Å². The zero-order chi connectivity index (χ0) is 15.3. The van der Waals surface area contributed by atoms with Crippen molar-refractivity contribution in [3.63, 3.8) is 0 Å². The first-order chi connectivity index (χ1) is 9.36. The highest BCUT2D eigenvalue weighted by Gasteiger charge is 2.37. The number of carbonyl (C=O) groups is 1. The molecule has 0 spiro atoms. The highest BCUT2D eigenvalue weighted by molar-refractivity contribution is 5.84. The van der Waals surface area contributed by atoms with E-state index in [9.17, 15) is 4.79 Å². The summed E-state index contributed by atoms with van der Waals surface area (Å²) in [4.78, 5) is 16.8. The molecule has 118 valence electrons. The van der Waals surface area contributed by atoms with E-state index in [1.165, 1.54) is 0 Å². The van der Waals surface area contributed by atoms with Crippen LogP contribution >= 0.6 is 0 Å². The van der Waals surface area contributed by atoms with Gasteiger partial charge in [0.2, 0.25) is 5.91 Å². The van der Waals surface area contributed by atoms with Gasteiger partial charge in [0.15, 0.2) is 0 Å². The van der Waals surface area contributed by atoms with Crippen LogP contribution in [0.25, 0.3) is 0 Å². The van der Waals surface area contributed by atoms with E-state index in [4.69, 9.17) is 0 Å². The monoisotopic (exact) mass is 283 g/mol. The van der Waals surface area contributed by atoms with E-state index in [1.807, 2.05) is 0 Å². The minimum Gasteiger partial charge on any atom is -0.326 e. The molecule has 4 heteroatoms. The Morgan fingerprint density at radius 3 is 2.45 bits per heavy atom. The second-order valence-corrected chi connectivity index (χ2v) is 6.73. The smallest absolute Gasteiger partial charge is 0.241 e. The summed E-state index contributed by atoms with van der Waals surface area (Å²) in [6, 6.07) is 0.596. The van der Waals surface area contributed by atoms with Crippen LogP contribution in [0.15, 0.2) is 0 Å². The molecule has 1 fully saturated rings. The first-order valence-electron chi connectivity index (χ1n) is 8.13. The summed E-state index contributed by atoms with van der Waals surface area (Å²) in [7, 11) is 2.15. The summed E-state index contributed by atoms with van der Waals surface area (Å²) in [5.41, 5.74) is 0. The molecule has 1 aliphatic rings. The predicted molar refractivity (Wildman–Crippen MR) is 84.6 cm³/mol. The average Bonchev–Trinajstić information content (AvgIpc) is 2.65. The topological polar surface area (TPSA) is 35.6 Å². The lowest BCUT2D eigenvalue weighted by atomic mass is 10.1. The Morgan fingerprint density at radius 1 is 1.30 bits per heavy atom. The number of nitrogens with zero attached hydrogens (tertiary/aromatic N) is 2. The van der Waals surface area contributed by atoms with Crippen LogP contribution in [0.2, 0.25) is 0 Å². The maximum atomic E-state index is 12.4. The zero-order valence-corrected chi connectivity index (χ0v) is 14.1. The number of hydrogen-bond acceptors (Lipinski definition) is 3. The van der Waals surface area contributed by atoms with Crippen molar-refractivity contribution in [2.24, 2.45) is 5.92 Å². The molecule has 1 saturated heterocycles. The van der Waals surface area contributed by atoms with Gasteiger partial charge in [0.25, 0.3) is 0 Å². The summed E-state index contributed by atoms with van der Waals surface area (Å²) in [6.07, 6.45) is 3.21. The second kappa shape index (κ2) is 7.99. The minimum absolute atomic E-state index is 0.0292. The molecule has 1 amide bonds. The second-order valence-electron chi connectivity index (χ2n) is 6.73. The Kier molecular flexibility index (Phi) is 6.96. The van der Waals surface area contributed by atoms with E-state index in [0.29, 0.717) is 17.9 Å². The van der Waals surface area contributed by atoms with Crippen molar-refractivity contribution >= 4 is 5.91 Å². The average molecular weight is 283 g/mol. The van der Waals surface area contributed by atoms with Crippen LogP contribution in [0, 0.1) is 5.92 Å². The molecule has 20 heavy (non-hydrogen) atoms. The molecular weight excluding hydrogens is 250 g/mol. The van der Waals surface area contributed by atoms with Crippen LogP contribution in [0.1, 0.15) is 53.9 Å². The molecule has 0 aromatic carbocycles. The largest absolute Gasteiger partial charge is 0.326 e. The Balaban J connectivity index is 2.52. The third kappa shape index (κ3) is 4.74. The van der Waals surface area contributed by atoms with Gasteiger partial charge in [-0.2, -0.15) is 0 Å². The van der Waals surface area contributed by atoms with Crippen LogP contribution in [-0.4, -0.2) is 54.1 Å². The summed E-state index contributed by atoms with van der Waals surface area (Å²) in [5.74, 6) is 0.905. The zero-order valence-electron chi connectivity index (χ0n) is 14.1. The highest BCUT2D eigenvalue weighted by Crippen LogP contribution is 2.19. The predicted octanol–water partition coefficient (Wildman–Crippen LogP) is 2.30. The first kappa shape index (κ1) is 17.4. The van der Waals surface area contributed by atoms with Gasteiger partial charge in [0.1, 0.15) is 0 Å². The summed E-state index contributed by atoms with van der Waals surface area (Å²) < 4.78 is 0. The summed E-state index contributed by atoms with van der Waals surface area (Å²) in [5, 5.41) is 3.50. The lowest BCUT2D eigenvalue weighted by Gasteiger charge is -2.27. The molecule has 0 aromatic rings. The molecule has 0 aromatic heterocycles. The molecule has 1 heterocycles. The maximum Gasteiger partial charge on any atom is 0.241 e. The molecule has 1 N–H and O–H groups in total. The SMILES string of the molecule is CCC1NC(CC(C)C)N(CCCN(C)C(C)C)C1=O. The van der Waals surface area contributed by atoms with Crippen molar-refractivity contribution in [3.05, 3.63) is 0 Å². The molecule has 2 unspecified atom stereocenters. The van der Waals surface area contributed by atoms with Crippen LogP contribution in [0.5, 0.6) is 0 Å². The minimum atomic E-state index is 0.0292. The Bertz CT molecular complexity index is 304. The van der Waals surface area contributed by atoms with E-state index >= 15 is 0 Å². The van der Waals surface area contributed by atoms with Crippen LogP contribution in [0.4, 0.5) is 0 Å². The molecule has 0 saturated carbocycles. The van der Waals surface area contributed by atoms with Crippen LogP contribution in [0.3, 0.4) is 0 Å². The van der Waals surface area contributed by atoms with Gasteiger partial charge < -0.3 is 9.80 Å².